The molecule has 2 aromatic carbocycles. The van der Waals surface area contributed by atoms with E-state index < -0.39 is 15.7 Å². The molecule has 0 amide bonds. The Balaban J connectivity index is 1.70. The fraction of sp³-hybridized carbons (Fsp3) is 0.368. The molecule has 1 saturated heterocycles. The summed E-state index contributed by atoms with van der Waals surface area (Å²) in [5.41, 5.74) is 1.45. The van der Waals surface area contributed by atoms with Gasteiger partial charge in [-0.15, -0.1) is 0 Å². The van der Waals surface area contributed by atoms with Gasteiger partial charge in [0.15, 0.2) is 21.4 Å². The summed E-state index contributed by atoms with van der Waals surface area (Å²) < 4.78 is 43.0. The fourth-order valence-corrected chi connectivity index (χ4v) is 3.58. The highest BCUT2D eigenvalue weighted by Gasteiger charge is 2.15. The van der Waals surface area contributed by atoms with Crippen LogP contribution in [0.1, 0.15) is 12.8 Å². The molecule has 3 rings (SSSR count). The zero-order valence-electron chi connectivity index (χ0n) is 14.2. The Morgan fingerprint density at radius 3 is 2.32 bits per heavy atom. The van der Waals surface area contributed by atoms with E-state index in [1.807, 2.05) is 0 Å². The van der Waals surface area contributed by atoms with Gasteiger partial charge in [0.25, 0.3) is 0 Å². The Kier molecular flexibility index (Phi) is 5.39. The summed E-state index contributed by atoms with van der Waals surface area (Å²) in [5, 5.41) is 3.30. The SMILES string of the molecule is CS(=O)(=O)c1ccc(-c2ccc(OCC3CCNCC3)c(F)c2)cc1. The molecule has 1 aliphatic rings. The number of hydrogen-bond acceptors (Lipinski definition) is 4. The molecule has 4 nitrogen and oxygen atoms in total. The summed E-state index contributed by atoms with van der Waals surface area (Å²) in [6.07, 6.45) is 3.26. The predicted octanol–water partition coefficient (Wildman–Crippen LogP) is 3.27. The lowest BCUT2D eigenvalue weighted by molar-refractivity contribution is 0.208. The van der Waals surface area contributed by atoms with Gasteiger partial charge in [-0.3, -0.25) is 0 Å². The van der Waals surface area contributed by atoms with Crippen molar-refractivity contribution in [2.45, 2.75) is 17.7 Å². The van der Waals surface area contributed by atoms with E-state index in [9.17, 15) is 12.8 Å². The molecule has 1 heterocycles. The quantitative estimate of drug-likeness (QED) is 0.886. The molecule has 0 atom stereocenters. The molecule has 0 unspecified atom stereocenters. The van der Waals surface area contributed by atoms with Crippen LogP contribution in [0.4, 0.5) is 4.39 Å². The predicted molar refractivity (Wildman–Crippen MR) is 96.0 cm³/mol. The third-order valence-electron chi connectivity index (χ3n) is 4.48. The first-order chi connectivity index (χ1) is 11.9. The largest absolute Gasteiger partial charge is 0.490 e. The second kappa shape index (κ2) is 7.54. The van der Waals surface area contributed by atoms with Crippen molar-refractivity contribution < 1.29 is 17.5 Å². The van der Waals surface area contributed by atoms with Crippen LogP contribution >= 0.6 is 0 Å². The van der Waals surface area contributed by atoms with E-state index in [1.54, 1.807) is 24.3 Å². The van der Waals surface area contributed by atoms with Crippen molar-refractivity contribution >= 4 is 9.84 Å². The molecule has 0 spiro atoms. The second-order valence-corrected chi connectivity index (χ2v) is 8.46. The summed E-state index contributed by atoms with van der Waals surface area (Å²) >= 11 is 0. The first-order valence-electron chi connectivity index (χ1n) is 8.37. The number of hydrogen-bond donors (Lipinski definition) is 1. The van der Waals surface area contributed by atoms with E-state index in [-0.39, 0.29) is 10.6 Å². The molecule has 1 aliphatic heterocycles. The van der Waals surface area contributed by atoms with Crippen LogP contribution in [0, 0.1) is 11.7 Å². The number of sulfone groups is 1. The first-order valence-corrected chi connectivity index (χ1v) is 10.3. The highest BCUT2D eigenvalue weighted by Crippen LogP contribution is 2.27. The van der Waals surface area contributed by atoms with Crippen molar-refractivity contribution in [3.8, 4) is 16.9 Å². The van der Waals surface area contributed by atoms with E-state index in [0.717, 1.165) is 37.8 Å². The molecule has 134 valence electrons. The Morgan fingerprint density at radius 1 is 1.08 bits per heavy atom. The topological polar surface area (TPSA) is 55.4 Å². The van der Waals surface area contributed by atoms with Crippen LogP contribution in [0.2, 0.25) is 0 Å². The van der Waals surface area contributed by atoms with Gasteiger partial charge in [-0.05, 0) is 67.2 Å². The molecule has 1 N–H and O–H groups in total. The normalized spacial score (nSPS) is 15.9. The van der Waals surface area contributed by atoms with Gasteiger partial charge >= 0.3 is 0 Å². The van der Waals surface area contributed by atoms with Crippen molar-refractivity contribution in [1.82, 2.24) is 5.32 Å². The highest BCUT2D eigenvalue weighted by molar-refractivity contribution is 7.90. The summed E-state index contributed by atoms with van der Waals surface area (Å²) in [6, 6.07) is 11.3. The van der Waals surface area contributed by atoms with Gasteiger partial charge in [-0.25, -0.2) is 12.8 Å². The number of piperidine rings is 1. The molecule has 1 fully saturated rings. The molecule has 6 heteroatoms. The van der Waals surface area contributed by atoms with E-state index in [4.69, 9.17) is 4.74 Å². The summed E-state index contributed by atoms with van der Waals surface area (Å²) in [5.74, 6) is 0.317. The van der Waals surface area contributed by atoms with E-state index >= 15 is 0 Å². The van der Waals surface area contributed by atoms with Crippen LogP contribution in [-0.4, -0.2) is 34.4 Å². The van der Waals surface area contributed by atoms with Crippen molar-refractivity contribution in [2.24, 2.45) is 5.92 Å². The monoisotopic (exact) mass is 363 g/mol. The van der Waals surface area contributed by atoms with E-state index in [0.29, 0.717) is 18.1 Å². The van der Waals surface area contributed by atoms with Gasteiger partial charge in [0.1, 0.15) is 0 Å². The highest BCUT2D eigenvalue weighted by atomic mass is 32.2. The standard InChI is InChI=1S/C19H22FNO3S/c1-25(22,23)17-5-2-15(3-6-17)16-4-7-19(18(20)12-16)24-13-14-8-10-21-11-9-14/h2-7,12,14,21H,8-11,13H2,1H3. The van der Waals surface area contributed by atoms with Crippen LogP contribution in [0.15, 0.2) is 47.4 Å². The Morgan fingerprint density at radius 2 is 1.72 bits per heavy atom. The van der Waals surface area contributed by atoms with Crippen LogP contribution in [0.3, 0.4) is 0 Å². The molecule has 0 aromatic heterocycles. The maximum atomic E-state index is 14.3. The van der Waals surface area contributed by atoms with Gasteiger partial charge in [-0.1, -0.05) is 18.2 Å². The third-order valence-corrected chi connectivity index (χ3v) is 5.61. The average molecular weight is 363 g/mol. The summed E-state index contributed by atoms with van der Waals surface area (Å²) in [7, 11) is -3.23. The lowest BCUT2D eigenvalue weighted by Gasteiger charge is -2.22. The van der Waals surface area contributed by atoms with Gasteiger partial charge in [0.05, 0.1) is 11.5 Å². The molecule has 25 heavy (non-hydrogen) atoms. The Hall–Kier alpha value is -1.92. The number of halogens is 1. The molecule has 0 radical (unpaired) electrons. The lowest BCUT2D eigenvalue weighted by Crippen LogP contribution is -2.30. The summed E-state index contributed by atoms with van der Waals surface area (Å²) in [6.45, 7) is 2.50. The van der Waals surface area contributed by atoms with Gasteiger partial charge < -0.3 is 10.1 Å². The van der Waals surface area contributed by atoms with Crippen molar-refractivity contribution in [3.63, 3.8) is 0 Å². The molecule has 0 aliphatic carbocycles. The number of rotatable bonds is 5. The van der Waals surface area contributed by atoms with Crippen LogP contribution in [0.5, 0.6) is 5.75 Å². The van der Waals surface area contributed by atoms with Crippen LogP contribution in [0.25, 0.3) is 11.1 Å². The van der Waals surface area contributed by atoms with Crippen molar-refractivity contribution in [2.75, 3.05) is 26.0 Å². The number of benzene rings is 2. The van der Waals surface area contributed by atoms with Crippen molar-refractivity contribution in [1.29, 1.82) is 0 Å². The van der Waals surface area contributed by atoms with Crippen molar-refractivity contribution in [3.05, 3.63) is 48.3 Å². The average Bonchev–Trinajstić information content (AvgIpc) is 2.61. The Bertz CT molecular complexity index is 828. The molecular weight excluding hydrogens is 341 g/mol. The molecular formula is C19H22FNO3S. The fourth-order valence-electron chi connectivity index (χ4n) is 2.95. The smallest absolute Gasteiger partial charge is 0.175 e. The zero-order valence-corrected chi connectivity index (χ0v) is 15.0. The summed E-state index contributed by atoms with van der Waals surface area (Å²) in [4.78, 5) is 0.249. The molecule has 0 saturated carbocycles. The Labute approximate surface area is 147 Å². The van der Waals surface area contributed by atoms with Crippen LogP contribution < -0.4 is 10.1 Å². The maximum Gasteiger partial charge on any atom is 0.175 e. The van der Waals surface area contributed by atoms with E-state index in [2.05, 4.69) is 5.32 Å². The minimum absolute atomic E-state index is 0.249. The number of nitrogens with one attached hydrogen (secondary N) is 1. The number of ether oxygens (including phenoxy) is 1. The van der Waals surface area contributed by atoms with Crippen LogP contribution in [-0.2, 0) is 9.84 Å². The minimum atomic E-state index is -3.23. The molecule has 0 bridgehead atoms. The first kappa shape index (κ1) is 17.9. The molecule has 2 aromatic rings. The van der Waals surface area contributed by atoms with Gasteiger partial charge in [0.2, 0.25) is 0 Å². The van der Waals surface area contributed by atoms with E-state index in [1.165, 1.54) is 18.2 Å². The minimum Gasteiger partial charge on any atom is -0.490 e. The van der Waals surface area contributed by atoms with Gasteiger partial charge in [0, 0.05) is 6.26 Å². The second-order valence-electron chi connectivity index (χ2n) is 6.45. The third kappa shape index (κ3) is 4.58. The lowest BCUT2D eigenvalue weighted by atomic mass is 9.99. The maximum absolute atomic E-state index is 14.3. The van der Waals surface area contributed by atoms with Gasteiger partial charge in [-0.2, -0.15) is 0 Å². The zero-order chi connectivity index (χ0) is 17.9.